The van der Waals surface area contributed by atoms with Gasteiger partial charge in [-0.25, -0.2) is 4.98 Å². The van der Waals surface area contributed by atoms with Crippen LogP contribution in [-0.2, 0) is 0 Å². The van der Waals surface area contributed by atoms with Crippen LogP contribution in [0.5, 0.6) is 11.5 Å². The summed E-state index contributed by atoms with van der Waals surface area (Å²) >= 11 is 0. The first-order chi connectivity index (χ1) is 14.1. The molecule has 0 bridgehead atoms. The Kier molecular flexibility index (Phi) is 7.00. The van der Waals surface area contributed by atoms with Crippen LogP contribution in [0.4, 0.5) is 11.8 Å². The number of para-hydroxylation sites is 1. The molecule has 3 aromatic rings. The molecular weight excluding hydrogens is 366 g/mol. The van der Waals surface area contributed by atoms with Crippen molar-refractivity contribution in [1.29, 1.82) is 0 Å². The molecule has 7 heteroatoms. The van der Waals surface area contributed by atoms with E-state index in [1.165, 1.54) is 0 Å². The number of carbonyl (C=O) groups is 1. The van der Waals surface area contributed by atoms with E-state index in [-0.39, 0.29) is 5.91 Å². The minimum Gasteiger partial charge on any atom is -0.457 e. The first-order valence-electron chi connectivity index (χ1n) is 9.58. The highest BCUT2D eigenvalue weighted by molar-refractivity contribution is 5.94. The van der Waals surface area contributed by atoms with Gasteiger partial charge in [-0.2, -0.15) is 4.98 Å². The Morgan fingerprint density at radius 2 is 1.66 bits per heavy atom. The molecule has 0 aliphatic heterocycles. The lowest BCUT2D eigenvalue weighted by molar-refractivity contribution is 0.0955. The molecule has 0 radical (unpaired) electrons. The van der Waals surface area contributed by atoms with Crippen molar-refractivity contribution in [1.82, 2.24) is 15.3 Å². The maximum Gasteiger partial charge on any atom is 0.251 e. The number of nitrogens with one attached hydrogen (secondary N) is 3. The van der Waals surface area contributed by atoms with Crippen LogP contribution in [-0.4, -0.2) is 35.5 Å². The topological polar surface area (TPSA) is 88.2 Å². The number of benzene rings is 2. The first kappa shape index (κ1) is 20.1. The third kappa shape index (κ3) is 6.21. The fraction of sp³-hybridized carbons (Fsp3) is 0.227. The molecule has 0 unspecified atom stereocenters. The minimum atomic E-state index is -0.134. The number of aromatic nitrogens is 2. The molecule has 3 rings (SSSR count). The molecule has 1 aromatic heterocycles. The van der Waals surface area contributed by atoms with Crippen LogP contribution >= 0.6 is 0 Å². The Morgan fingerprint density at radius 3 is 2.38 bits per heavy atom. The van der Waals surface area contributed by atoms with E-state index in [9.17, 15) is 4.79 Å². The summed E-state index contributed by atoms with van der Waals surface area (Å²) in [4.78, 5) is 21.0. The van der Waals surface area contributed by atoms with Gasteiger partial charge in [0.25, 0.3) is 5.91 Å². The van der Waals surface area contributed by atoms with Gasteiger partial charge in [-0.05, 0) is 50.2 Å². The zero-order chi connectivity index (χ0) is 20.5. The highest BCUT2D eigenvalue weighted by Gasteiger charge is 2.06. The van der Waals surface area contributed by atoms with Crippen molar-refractivity contribution < 1.29 is 9.53 Å². The summed E-state index contributed by atoms with van der Waals surface area (Å²) in [6.07, 6.45) is 0. The fourth-order valence-corrected chi connectivity index (χ4v) is 2.66. The lowest BCUT2D eigenvalue weighted by Gasteiger charge is -2.10. The SMILES string of the molecule is CCNc1nc(C)cc(NCCNC(=O)c2ccc(Oc3ccccc3)cc2)n1. The Bertz CT molecular complexity index is 930. The van der Waals surface area contributed by atoms with Crippen LogP contribution in [0.1, 0.15) is 23.0 Å². The van der Waals surface area contributed by atoms with Gasteiger partial charge >= 0.3 is 0 Å². The van der Waals surface area contributed by atoms with Gasteiger partial charge in [0.1, 0.15) is 17.3 Å². The minimum absolute atomic E-state index is 0.134. The average Bonchev–Trinajstić information content (AvgIpc) is 2.72. The number of nitrogens with zero attached hydrogens (tertiary/aromatic N) is 2. The molecule has 0 atom stereocenters. The van der Waals surface area contributed by atoms with E-state index in [1.54, 1.807) is 24.3 Å². The Labute approximate surface area is 170 Å². The predicted molar refractivity (Wildman–Crippen MR) is 115 cm³/mol. The van der Waals surface area contributed by atoms with E-state index in [1.807, 2.05) is 50.2 Å². The second-order valence-corrected chi connectivity index (χ2v) is 6.37. The van der Waals surface area contributed by atoms with Gasteiger partial charge in [0, 0.05) is 37.0 Å². The molecule has 150 valence electrons. The van der Waals surface area contributed by atoms with Crippen molar-refractivity contribution in [3.63, 3.8) is 0 Å². The maximum atomic E-state index is 12.3. The summed E-state index contributed by atoms with van der Waals surface area (Å²) in [6.45, 7) is 5.70. The van der Waals surface area contributed by atoms with E-state index >= 15 is 0 Å². The normalized spacial score (nSPS) is 10.3. The van der Waals surface area contributed by atoms with Crippen molar-refractivity contribution in [2.24, 2.45) is 0 Å². The number of amides is 1. The lowest BCUT2D eigenvalue weighted by atomic mass is 10.2. The average molecular weight is 391 g/mol. The van der Waals surface area contributed by atoms with E-state index in [2.05, 4.69) is 25.9 Å². The van der Waals surface area contributed by atoms with Crippen molar-refractivity contribution >= 4 is 17.7 Å². The standard InChI is InChI=1S/C22H25N5O2/c1-3-23-22-26-16(2)15-20(27-22)24-13-14-25-21(28)17-9-11-19(12-10-17)29-18-7-5-4-6-8-18/h4-12,15H,3,13-14H2,1-2H3,(H,25,28)(H2,23,24,26,27). The van der Waals surface area contributed by atoms with Gasteiger partial charge in [0.05, 0.1) is 0 Å². The van der Waals surface area contributed by atoms with E-state index < -0.39 is 0 Å². The number of ether oxygens (including phenoxy) is 1. The summed E-state index contributed by atoms with van der Waals surface area (Å²) in [5.41, 5.74) is 1.46. The molecule has 2 aromatic carbocycles. The third-order valence-electron chi connectivity index (χ3n) is 4.00. The summed E-state index contributed by atoms with van der Waals surface area (Å²) in [6, 6.07) is 18.5. The highest BCUT2D eigenvalue weighted by Crippen LogP contribution is 2.21. The predicted octanol–water partition coefficient (Wildman–Crippen LogP) is 3.85. The van der Waals surface area contributed by atoms with Gasteiger partial charge < -0.3 is 20.7 Å². The molecule has 0 aliphatic carbocycles. The van der Waals surface area contributed by atoms with Gasteiger partial charge in [-0.15, -0.1) is 0 Å². The van der Waals surface area contributed by atoms with Crippen LogP contribution in [0.3, 0.4) is 0 Å². The number of rotatable bonds is 9. The van der Waals surface area contributed by atoms with Gasteiger partial charge in [0.2, 0.25) is 5.95 Å². The first-order valence-corrected chi connectivity index (χ1v) is 9.58. The molecule has 0 saturated carbocycles. The summed E-state index contributed by atoms with van der Waals surface area (Å²) in [5, 5.41) is 9.19. The molecule has 7 nitrogen and oxygen atoms in total. The quantitative estimate of drug-likeness (QED) is 0.480. The van der Waals surface area contributed by atoms with Crippen LogP contribution in [0, 0.1) is 6.92 Å². The molecule has 29 heavy (non-hydrogen) atoms. The number of hydrogen-bond donors (Lipinski definition) is 3. The number of aryl methyl sites for hydroxylation is 1. The lowest BCUT2D eigenvalue weighted by Crippen LogP contribution is -2.28. The summed E-state index contributed by atoms with van der Waals surface area (Å²) in [5.74, 6) is 2.63. The van der Waals surface area contributed by atoms with Crippen LogP contribution in [0.2, 0.25) is 0 Å². The van der Waals surface area contributed by atoms with Gasteiger partial charge in [-0.3, -0.25) is 4.79 Å². The molecule has 0 aliphatic rings. The highest BCUT2D eigenvalue weighted by atomic mass is 16.5. The van der Waals surface area contributed by atoms with Crippen molar-refractivity contribution in [3.8, 4) is 11.5 Å². The number of hydrogen-bond acceptors (Lipinski definition) is 6. The summed E-state index contributed by atoms with van der Waals surface area (Å²) < 4.78 is 5.74. The number of carbonyl (C=O) groups excluding carboxylic acids is 1. The van der Waals surface area contributed by atoms with E-state index in [0.29, 0.717) is 30.4 Å². The summed E-state index contributed by atoms with van der Waals surface area (Å²) in [7, 11) is 0. The molecule has 3 N–H and O–H groups in total. The zero-order valence-corrected chi connectivity index (χ0v) is 16.6. The van der Waals surface area contributed by atoms with Crippen LogP contribution < -0.4 is 20.7 Å². The largest absolute Gasteiger partial charge is 0.457 e. The number of anilines is 2. The third-order valence-corrected chi connectivity index (χ3v) is 4.00. The molecule has 0 fully saturated rings. The maximum absolute atomic E-state index is 12.3. The van der Waals surface area contributed by atoms with Crippen molar-refractivity contribution in [2.75, 3.05) is 30.3 Å². The Morgan fingerprint density at radius 1 is 0.931 bits per heavy atom. The van der Waals surface area contributed by atoms with Gasteiger partial charge in [-0.1, -0.05) is 18.2 Å². The second-order valence-electron chi connectivity index (χ2n) is 6.37. The van der Waals surface area contributed by atoms with Crippen molar-refractivity contribution in [3.05, 3.63) is 71.9 Å². The molecule has 1 heterocycles. The molecular formula is C22H25N5O2. The Hall–Kier alpha value is -3.61. The van der Waals surface area contributed by atoms with Crippen LogP contribution in [0.15, 0.2) is 60.7 Å². The van der Waals surface area contributed by atoms with E-state index in [0.717, 1.165) is 23.8 Å². The smallest absolute Gasteiger partial charge is 0.251 e. The van der Waals surface area contributed by atoms with E-state index in [4.69, 9.17) is 4.74 Å². The monoisotopic (exact) mass is 391 g/mol. The zero-order valence-electron chi connectivity index (χ0n) is 16.6. The fourth-order valence-electron chi connectivity index (χ4n) is 2.66. The molecule has 0 saturated heterocycles. The molecule has 0 spiro atoms. The molecule has 1 amide bonds. The Balaban J connectivity index is 1.46. The van der Waals surface area contributed by atoms with Crippen molar-refractivity contribution in [2.45, 2.75) is 13.8 Å². The second kappa shape index (κ2) is 10.1. The van der Waals surface area contributed by atoms with Crippen LogP contribution in [0.25, 0.3) is 0 Å². The van der Waals surface area contributed by atoms with Gasteiger partial charge in [0.15, 0.2) is 0 Å².